The van der Waals surface area contributed by atoms with Crippen LogP contribution >= 0.6 is 0 Å². The lowest BCUT2D eigenvalue weighted by atomic mass is 9.94. The number of aliphatic hydroxyl groups is 1. The molecular weight excluding hydrogens is 246 g/mol. The van der Waals surface area contributed by atoms with Crippen LogP contribution in [0.5, 0.6) is 0 Å². The number of rotatable bonds is 7. The monoisotopic (exact) mass is 273 g/mol. The summed E-state index contributed by atoms with van der Waals surface area (Å²) in [6, 6.07) is 0. The second-order valence-corrected chi connectivity index (χ2v) is 6.08. The second-order valence-electron chi connectivity index (χ2n) is 6.08. The highest BCUT2D eigenvalue weighted by atomic mass is 16.5. The number of hydrogen-bond donors (Lipinski definition) is 1. The van der Waals surface area contributed by atoms with E-state index in [1.807, 2.05) is 13.8 Å². The summed E-state index contributed by atoms with van der Waals surface area (Å²) in [6.07, 6.45) is 3.45. The summed E-state index contributed by atoms with van der Waals surface area (Å²) in [5, 5.41) is 9.19. The van der Waals surface area contributed by atoms with Crippen molar-refractivity contribution in [3.8, 4) is 0 Å². The number of likely N-dealkylation sites (N-methyl/N-ethyl adjacent to an activating group) is 1. The van der Waals surface area contributed by atoms with Crippen molar-refractivity contribution in [1.82, 2.24) is 4.90 Å². The van der Waals surface area contributed by atoms with Gasteiger partial charge in [0.1, 0.15) is 6.61 Å². The first-order valence-corrected chi connectivity index (χ1v) is 6.99. The van der Waals surface area contributed by atoms with Crippen molar-refractivity contribution in [1.29, 1.82) is 0 Å². The molecule has 0 aromatic heterocycles. The quantitative estimate of drug-likeness (QED) is 0.753. The molecule has 0 aromatic carbocycles. The van der Waals surface area contributed by atoms with E-state index in [-0.39, 0.29) is 30.6 Å². The molecule has 1 amide bonds. The Hall–Kier alpha value is -0.650. The molecule has 5 nitrogen and oxygen atoms in total. The maximum atomic E-state index is 11.9. The topological polar surface area (TPSA) is 59.0 Å². The minimum Gasteiger partial charge on any atom is -0.396 e. The van der Waals surface area contributed by atoms with Gasteiger partial charge in [0.2, 0.25) is 5.91 Å². The third kappa shape index (κ3) is 6.36. The molecule has 19 heavy (non-hydrogen) atoms. The van der Waals surface area contributed by atoms with Crippen molar-refractivity contribution < 1.29 is 19.4 Å². The third-order valence-corrected chi connectivity index (χ3v) is 3.32. The van der Waals surface area contributed by atoms with Gasteiger partial charge in [-0.2, -0.15) is 0 Å². The Morgan fingerprint density at radius 1 is 1.47 bits per heavy atom. The average molecular weight is 273 g/mol. The predicted octanol–water partition coefficient (Wildman–Crippen LogP) is 1.05. The molecule has 0 unspecified atom stereocenters. The Morgan fingerprint density at radius 2 is 2.21 bits per heavy atom. The van der Waals surface area contributed by atoms with Crippen LogP contribution in [0, 0.1) is 5.41 Å². The van der Waals surface area contributed by atoms with E-state index in [9.17, 15) is 9.90 Å². The van der Waals surface area contributed by atoms with Crippen molar-refractivity contribution >= 4 is 5.91 Å². The highest BCUT2D eigenvalue weighted by Gasteiger charge is 2.22. The molecule has 1 aliphatic heterocycles. The minimum absolute atomic E-state index is 0.0569. The Labute approximate surface area is 115 Å². The first kappa shape index (κ1) is 16.4. The molecule has 1 saturated heterocycles. The van der Waals surface area contributed by atoms with Gasteiger partial charge in [0, 0.05) is 32.2 Å². The van der Waals surface area contributed by atoms with Gasteiger partial charge in [0.15, 0.2) is 0 Å². The van der Waals surface area contributed by atoms with Crippen LogP contribution in [0.25, 0.3) is 0 Å². The number of amides is 1. The van der Waals surface area contributed by atoms with Gasteiger partial charge in [-0.3, -0.25) is 4.79 Å². The van der Waals surface area contributed by atoms with Gasteiger partial charge in [0.05, 0.1) is 12.7 Å². The van der Waals surface area contributed by atoms with Crippen LogP contribution < -0.4 is 0 Å². The first-order chi connectivity index (χ1) is 8.94. The van der Waals surface area contributed by atoms with Crippen molar-refractivity contribution in [2.45, 2.75) is 39.2 Å². The first-order valence-electron chi connectivity index (χ1n) is 6.99. The third-order valence-electron chi connectivity index (χ3n) is 3.32. The molecule has 0 spiro atoms. The summed E-state index contributed by atoms with van der Waals surface area (Å²) in [6.45, 7) is 5.79. The maximum Gasteiger partial charge on any atom is 0.248 e. The van der Waals surface area contributed by atoms with E-state index >= 15 is 0 Å². The van der Waals surface area contributed by atoms with Crippen LogP contribution in [-0.4, -0.2) is 62.0 Å². The number of hydrogen-bond acceptors (Lipinski definition) is 4. The number of carbonyl (C=O) groups excluding carboxylic acids is 1. The molecule has 0 aromatic rings. The fourth-order valence-electron chi connectivity index (χ4n) is 2.11. The van der Waals surface area contributed by atoms with Gasteiger partial charge >= 0.3 is 0 Å². The van der Waals surface area contributed by atoms with Gasteiger partial charge in [0.25, 0.3) is 0 Å². The molecule has 1 rings (SSSR count). The van der Waals surface area contributed by atoms with Crippen LogP contribution in [0.4, 0.5) is 0 Å². The molecule has 0 saturated carbocycles. The van der Waals surface area contributed by atoms with Gasteiger partial charge in [-0.15, -0.1) is 0 Å². The highest BCUT2D eigenvalue weighted by Crippen LogP contribution is 2.15. The summed E-state index contributed by atoms with van der Waals surface area (Å²) in [5.41, 5.74) is -0.281. The summed E-state index contributed by atoms with van der Waals surface area (Å²) >= 11 is 0. The van der Waals surface area contributed by atoms with Crippen molar-refractivity contribution in [3.63, 3.8) is 0 Å². The van der Waals surface area contributed by atoms with E-state index in [4.69, 9.17) is 9.47 Å². The van der Waals surface area contributed by atoms with Gasteiger partial charge in [-0.1, -0.05) is 13.8 Å². The fraction of sp³-hybridized carbons (Fsp3) is 0.929. The Balaban J connectivity index is 2.19. The van der Waals surface area contributed by atoms with Gasteiger partial charge < -0.3 is 19.5 Å². The van der Waals surface area contributed by atoms with Crippen LogP contribution in [-0.2, 0) is 14.3 Å². The lowest BCUT2D eigenvalue weighted by Gasteiger charge is -2.28. The zero-order valence-corrected chi connectivity index (χ0v) is 12.4. The number of nitrogens with zero attached hydrogens (tertiary/aromatic N) is 1. The average Bonchev–Trinajstić information content (AvgIpc) is 2.39. The number of carbonyl (C=O) groups is 1. The molecule has 0 bridgehead atoms. The smallest absolute Gasteiger partial charge is 0.248 e. The van der Waals surface area contributed by atoms with Crippen LogP contribution in [0.2, 0.25) is 0 Å². The molecule has 5 heteroatoms. The Bertz CT molecular complexity index is 275. The SMILES string of the molecule is CN(CC(C)(C)CO)C(=O)COC[C@H]1CCCCO1. The fourth-order valence-corrected chi connectivity index (χ4v) is 2.11. The highest BCUT2D eigenvalue weighted by molar-refractivity contribution is 5.77. The van der Waals surface area contributed by atoms with Gasteiger partial charge in [-0.25, -0.2) is 0 Å². The molecule has 1 N–H and O–H groups in total. The van der Waals surface area contributed by atoms with Crippen molar-refractivity contribution in [3.05, 3.63) is 0 Å². The lowest BCUT2D eigenvalue weighted by molar-refractivity contribution is -0.138. The van der Waals surface area contributed by atoms with E-state index < -0.39 is 0 Å². The zero-order chi connectivity index (χ0) is 14.3. The van der Waals surface area contributed by atoms with E-state index in [1.165, 1.54) is 6.42 Å². The maximum absolute atomic E-state index is 11.9. The molecule has 1 heterocycles. The largest absolute Gasteiger partial charge is 0.396 e. The van der Waals surface area contributed by atoms with E-state index in [0.717, 1.165) is 19.4 Å². The van der Waals surface area contributed by atoms with Crippen LogP contribution in [0.3, 0.4) is 0 Å². The number of aliphatic hydroxyl groups excluding tert-OH is 1. The minimum atomic E-state index is -0.281. The molecular formula is C14H27NO4. The summed E-state index contributed by atoms with van der Waals surface area (Å²) in [4.78, 5) is 13.5. The van der Waals surface area contributed by atoms with Crippen molar-refractivity contribution in [2.75, 3.05) is 40.0 Å². The molecule has 1 aliphatic rings. The molecule has 0 aliphatic carbocycles. The molecule has 1 atom stereocenters. The van der Waals surface area contributed by atoms with Crippen LogP contribution in [0.15, 0.2) is 0 Å². The molecule has 112 valence electrons. The zero-order valence-electron chi connectivity index (χ0n) is 12.4. The molecule has 0 radical (unpaired) electrons. The second kappa shape index (κ2) is 7.82. The van der Waals surface area contributed by atoms with Gasteiger partial charge in [-0.05, 0) is 19.3 Å². The summed E-state index contributed by atoms with van der Waals surface area (Å²) in [5.74, 6) is -0.0580. The number of ether oxygens (including phenoxy) is 2. The van der Waals surface area contributed by atoms with Crippen molar-refractivity contribution in [2.24, 2.45) is 5.41 Å². The standard InChI is InChI=1S/C14H27NO4/c1-14(2,11-16)10-15(3)13(17)9-18-8-12-6-4-5-7-19-12/h12,16H,4-11H2,1-3H3/t12-/m1/s1. The van der Waals surface area contributed by atoms with E-state index in [1.54, 1.807) is 11.9 Å². The summed E-state index contributed by atoms with van der Waals surface area (Å²) < 4.78 is 11.0. The molecule has 1 fully saturated rings. The lowest BCUT2D eigenvalue weighted by Crippen LogP contribution is -2.40. The van der Waals surface area contributed by atoms with E-state index in [0.29, 0.717) is 13.2 Å². The Morgan fingerprint density at radius 3 is 2.79 bits per heavy atom. The predicted molar refractivity (Wildman–Crippen MR) is 72.9 cm³/mol. The Kier molecular flexibility index (Phi) is 6.75. The van der Waals surface area contributed by atoms with E-state index in [2.05, 4.69) is 0 Å². The summed E-state index contributed by atoms with van der Waals surface area (Å²) in [7, 11) is 1.74. The van der Waals surface area contributed by atoms with Crippen LogP contribution in [0.1, 0.15) is 33.1 Å². The normalized spacial score (nSPS) is 20.3.